The van der Waals surface area contributed by atoms with Gasteiger partial charge in [0.05, 0.1) is 13.2 Å². The maximum Gasteiger partial charge on any atom is 0.248 e. The van der Waals surface area contributed by atoms with Crippen LogP contribution in [0.4, 0.5) is 21.6 Å². The first kappa shape index (κ1) is 21.0. The lowest BCUT2D eigenvalue weighted by Crippen LogP contribution is -2.47. The second-order valence-electron chi connectivity index (χ2n) is 7.41. The minimum Gasteiger partial charge on any atom is -0.325 e. The van der Waals surface area contributed by atoms with Crippen molar-refractivity contribution < 1.29 is 17.6 Å². The van der Waals surface area contributed by atoms with E-state index in [-0.39, 0.29) is 17.4 Å². The van der Waals surface area contributed by atoms with Crippen molar-refractivity contribution in [2.75, 3.05) is 23.4 Å². The van der Waals surface area contributed by atoms with Crippen molar-refractivity contribution in [3.05, 3.63) is 77.7 Å². The van der Waals surface area contributed by atoms with E-state index < -0.39 is 28.3 Å². The first-order valence-electron chi connectivity index (χ1n) is 9.60. The standard InChI is InChI=1S/C22H21FN4O3S/c1-15-9-16(2)11-18(10-15)25-21(28)13-26-14-27(19-6-3-5-17(23)12-19)22-20(31(26,29)30)7-4-8-24-22/h3-12H,13-14H2,1-2H3,(H,25,28). The molecule has 0 unspecified atom stereocenters. The average molecular weight is 441 g/mol. The van der Waals surface area contributed by atoms with Crippen LogP contribution in [0.5, 0.6) is 0 Å². The Morgan fingerprint density at radius 2 is 1.84 bits per heavy atom. The number of rotatable bonds is 4. The van der Waals surface area contributed by atoms with Gasteiger partial charge in [-0.05, 0) is 67.4 Å². The summed E-state index contributed by atoms with van der Waals surface area (Å²) < 4.78 is 41.2. The molecule has 9 heteroatoms. The molecule has 4 rings (SSSR count). The fraction of sp³-hybridized carbons (Fsp3) is 0.182. The van der Waals surface area contributed by atoms with Crippen LogP contribution in [0.2, 0.25) is 0 Å². The fourth-order valence-electron chi connectivity index (χ4n) is 3.62. The van der Waals surface area contributed by atoms with Crippen molar-refractivity contribution in [3.8, 4) is 0 Å². The number of hydrogen-bond donors (Lipinski definition) is 1. The number of hydrogen-bond acceptors (Lipinski definition) is 5. The number of aromatic nitrogens is 1. The van der Waals surface area contributed by atoms with Crippen molar-refractivity contribution in [1.29, 1.82) is 0 Å². The molecule has 0 atom stereocenters. The number of carbonyl (C=O) groups excluding carboxylic acids is 1. The Labute approximate surface area is 180 Å². The van der Waals surface area contributed by atoms with Crippen molar-refractivity contribution in [2.24, 2.45) is 0 Å². The van der Waals surface area contributed by atoms with Crippen LogP contribution < -0.4 is 10.2 Å². The summed E-state index contributed by atoms with van der Waals surface area (Å²) in [5.74, 6) is -0.735. The zero-order valence-electron chi connectivity index (χ0n) is 17.0. The molecular formula is C22H21FN4O3S. The molecule has 0 radical (unpaired) electrons. The number of pyridine rings is 1. The van der Waals surface area contributed by atoms with Gasteiger partial charge in [0.2, 0.25) is 15.9 Å². The van der Waals surface area contributed by atoms with E-state index >= 15 is 0 Å². The van der Waals surface area contributed by atoms with Crippen LogP contribution >= 0.6 is 0 Å². The van der Waals surface area contributed by atoms with Gasteiger partial charge in [0.15, 0.2) is 5.82 Å². The third-order valence-corrected chi connectivity index (χ3v) is 6.67. The van der Waals surface area contributed by atoms with Gasteiger partial charge in [0.25, 0.3) is 0 Å². The van der Waals surface area contributed by atoms with Crippen LogP contribution in [0.25, 0.3) is 0 Å². The monoisotopic (exact) mass is 440 g/mol. The summed E-state index contributed by atoms with van der Waals surface area (Å²) in [5, 5.41) is 2.76. The average Bonchev–Trinajstić information content (AvgIpc) is 2.69. The first-order chi connectivity index (χ1) is 14.7. The topological polar surface area (TPSA) is 82.6 Å². The molecule has 1 amide bonds. The number of sulfonamides is 1. The summed E-state index contributed by atoms with van der Waals surface area (Å²) in [6.45, 7) is 3.27. The van der Waals surface area contributed by atoms with Gasteiger partial charge in [0.1, 0.15) is 10.7 Å². The lowest BCUT2D eigenvalue weighted by atomic mass is 10.1. The molecule has 1 aliphatic rings. The van der Waals surface area contributed by atoms with Gasteiger partial charge in [-0.1, -0.05) is 12.1 Å². The Morgan fingerprint density at radius 3 is 2.55 bits per heavy atom. The third-order valence-electron chi connectivity index (χ3n) is 4.87. The van der Waals surface area contributed by atoms with Crippen LogP contribution in [0.1, 0.15) is 11.1 Å². The highest BCUT2D eigenvalue weighted by atomic mass is 32.2. The van der Waals surface area contributed by atoms with E-state index in [4.69, 9.17) is 0 Å². The molecule has 1 aliphatic heterocycles. The Bertz CT molecular complexity index is 1240. The molecule has 0 bridgehead atoms. The predicted octanol–water partition coefficient (Wildman–Crippen LogP) is 3.58. The molecule has 0 saturated carbocycles. The molecule has 0 saturated heterocycles. The molecule has 7 nitrogen and oxygen atoms in total. The number of nitrogens with zero attached hydrogens (tertiary/aromatic N) is 3. The Morgan fingerprint density at radius 1 is 1.10 bits per heavy atom. The van der Waals surface area contributed by atoms with E-state index in [1.165, 1.54) is 36.5 Å². The number of fused-ring (bicyclic) bond motifs is 1. The van der Waals surface area contributed by atoms with Crippen LogP contribution in [0, 0.1) is 19.7 Å². The van der Waals surface area contributed by atoms with Gasteiger partial charge < -0.3 is 10.2 Å². The molecule has 1 N–H and O–H groups in total. The minimum atomic E-state index is -3.96. The van der Waals surface area contributed by atoms with Crippen molar-refractivity contribution in [1.82, 2.24) is 9.29 Å². The first-order valence-corrected chi connectivity index (χ1v) is 11.0. The minimum absolute atomic E-state index is 0.0373. The fourth-order valence-corrected chi connectivity index (χ4v) is 5.09. The number of halogens is 1. The summed E-state index contributed by atoms with van der Waals surface area (Å²) >= 11 is 0. The van der Waals surface area contributed by atoms with Gasteiger partial charge in [-0.25, -0.2) is 17.8 Å². The molecular weight excluding hydrogens is 419 g/mol. The maximum absolute atomic E-state index is 13.8. The van der Waals surface area contributed by atoms with E-state index in [1.54, 1.807) is 11.0 Å². The molecule has 0 fully saturated rings. The molecule has 31 heavy (non-hydrogen) atoms. The number of aryl methyl sites for hydroxylation is 2. The van der Waals surface area contributed by atoms with Gasteiger partial charge >= 0.3 is 0 Å². The number of benzene rings is 2. The van der Waals surface area contributed by atoms with E-state index in [9.17, 15) is 17.6 Å². The number of nitrogens with one attached hydrogen (secondary N) is 1. The largest absolute Gasteiger partial charge is 0.325 e. The van der Waals surface area contributed by atoms with E-state index in [1.807, 2.05) is 32.0 Å². The highest BCUT2D eigenvalue weighted by molar-refractivity contribution is 7.89. The summed E-state index contributed by atoms with van der Waals surface area (Å²) in [7, 11) is -3.96. The van der Waals surface area contributed by atoms with Crippen molar-refractivity contribution >= 4 is 33.1 Å². The van der Waals surface area contributed by atoms with Crippen LogP contribution in [-0.4, -0.2) is 36.8 Å². The quantitative estimate of drug-likeness (QED) is 0.671. The van der Waals surface area contributed by atoms with E-state index in [0.29, 0.717) is 11.4 Å². The van der Waals surface area contributed by atoms with Crippen LogP contribution in [-0.2, 0) is 14.8 Å². The second kappa shape index (κ2) is 8.09. The Balaban J connectivity index is 1.65. The smallest absolute Gasteiger partial charge is 0.248 e. The Hall–Kier alpha value is -3.30. The highest BCUT2D eigenvalue weighted by Crippen LogP contribution is 2.36. The van der Waals surface area contributed by atoms with Crippen molar-refractivity contribution in [3.63, 3.8) is 0 Å². The lowest BCUT2D eigenvalue weighted by Gasteiger charge is -2.36. The lowest BCUT2D eigenvalue weighted by molar-refractivity contribution is -0.116. The van der Waals surface area contributed by atoms with Gasteiger partial charge in [-0.15, -0.1) is 0 Å². The van der Waals surface area contributed by atoms with E-state index in [2.05, 4.69) is 10.3 Å². The highest BCUT2D eigenvalue weighted by Gasteiger charge is 2.38. The zero-order chi connectivity index (χ0) is 22.2. The zero-order valence-corrected chi connectivity index (χ0v) is 17.9. The van der Waals surface area contributed by atoms with Crippen LogP contribution in [0.3, 0.4) is 0 Å². The van der Waals surface area contributed by atoms with Gasteiger partial charge in [0, 0.05) is 17.6 Å². The number of carbonyl (C=O) groups is 1. The maximum atomic E-state index is 13.8. The number of amides is 1. The molecule has 2 heterocycles. The summed E-state index contributed by atoms with van der Waals surface area (Å²) in [6.07, 6.45) is 1.48. The molecule has 160 valence electrons. The molecule has 0 aliphatic carbocycles. The molecule has 2 aromatic carbocycles. The Kier molecular flexibility index (Phi) is 5.47. The van der Waals surface area contributed by atoms with E-state index in [0.717, 1.165) is 15.4 Å². The normalized spacial score (nSPS) is 15.4. The summed E-state index contributed by atoms with van der Waals surface area (Å²) in [4.78, 5) is 18.4. The number of anilines is 3. The van der Waals surface area contributed by atoms with Crippen LogP contribution in [0.15, 0.2) is 65.7 Å². The third kappa shape index (κ3) is 4.28. The predicted molar refractivity (Wildman–Crippen MR) is 116 cm³/mol. The molecule has 1 aromatic heterocycles. The SMILES string of the molecule is Cc1cc(C)cc(NC(=O)CN2CN(c3cccc(F)c3)c3ncccc3S2(=O)=O)c1. The van der Waals surface area contributed by atoms with Gasteiger partial charge in [-0.2, -0.15) is 4.31 Å². The summed E-state index contributed by atoms with van der Waals surface area (Å²) in [6, 6.07) is 14.3. The van der Waals surface area contributed by atoms with Gasteiger partial charge in [-0.3, -0.25) is 4.79 Å². The molecule has 3 aromatic rings. The second-order valence-corrected chi connectivity index (χ2v) is 9.32. The molecule has 0 spiro atoms. The summed E-state index contributed by atoms with van der Waals surface area (Å²) in [5.41, 5.74) is 3.01. The van der Waals surface area contributed by atoms with Crippen molar-refractivity contribution in [2.45, 2.75) is 18.7 Å².